The predicted octanol–water partition coefficient (Wildman–Crippen LogP) is 4.09. The number of hydrogen-bond donors (Lipinski definition) is 3. The van der Waals surface area contributed by atoms with Gasteiger partial charge < -0.3 is 20.5 Å². The maximum Gasteiger partial charge on any atom is 0.323 e. The van der Waals surface area contributed by atoms with Crippen LogP contribution in [0.3, 0.4) is 0 Å². The largest absolute Gasteiger partial charge is 0.506 e. The second-order valence-corrected chi connectivity index (χ2v) is 4.63. The molecule has 6 heteroatoms. The fourth-order valence-electron chi connectivity index (χ4n) is 1.69. The van der Waals surface area contributed by atoms with Crippen molar-refractivity contribution >= 4 is 29.0 Å². The van der Waals surface area contributed by atoms with Crippen molar-refractivity contribution in [2.75, 3.05) is 17.2 Å². The number of amides is 2. The van der Waals surface area contributed by atoms with E-state index >= 15 is 0 Å². The van der Waals surface area contributed by atoms with E-state index in [1.807, 2.05) is 6.92 Å². The highest BCUT2D eigenvalue weighted by Crippen LogP contribution is 2.26. The quantitative estimate of drug-likeness (QED) is 0.745. The Kier molecular flexibility index (Phi) is 4.90. The first-order chi connectivity index (χ1) is 10.1. The van der Waals surface area contributed by atoms with E-state index in [2.05, 4.69) is 10.6 Å². The Morgan fingerprint density at radius 2 is 1.90 bits per heavy atom. The van der Waals surface area contributed by atoms with Crippen molar-refractivity contribution in [3.05, 3.63) is 47.5 Å². The van der Waals surface area contributed by atoms with E-state index in [9.17, 15) is 9.90 Å². The van der Waals surface area contributed by atoms with Crippen molar-refractivity contribution in [1.29, 1.82) is 0 Å². The number of carbonyl (C=O) groups excluding carboxylic acids is 1. The molecule has 0 atom stereocenters. The molecule has 0 radical (unpaired) electrons. The van der Waals surface area contributed by atoms with Crippen LogP contribution >= 0.6 is 11.6 Å². The van der Waals surface area contributed by atoms with Crippen molar-refractivity contribution in [2.45, 2.75) is 6.92 Å². The lowest BCUT2D eigenvalue weighted by Crippen LogP contribution is -2.19. The molecule has 0 fully saturated rings. The van der Waals surface area contributed by atoms with Gasteiger partial charge in [-0.1, -0.05) is 11.6 Å². The van der Waals surface area contributed by atoms with E-state index in [4.69, 9.17) is 16.3 Å². The lowest BCUT2D eigenvalue weighted by molar-refractivity contribution is 0.262. The standard InChI is InChI=1S/C15H15ClN2O3/c1-2-21-12-6-4-11(5-7-12)17-15(20)18-13-9-10(16)3-8-14(13)19/h3-9,19H,2H2,1H3,(H2,17,18,20). The van der Waals surface area contributed by atoms with Gasteiger partial charge in [-0.05, 0) is 49.4 Å². The molecule has 21 heavy (non-hydrogen) atoms. The smallest absolute Gasteiger partial charge is 0.323 e. The summed E-state index contributed by atoms with van der Waals surface area (Å²) in [5.74, 6) is 0.678. The Labute approximate surface area is 127 Å². The first kappa shape index (κ1) is 15.0. The number of benzene rings is 2. The minimum absolute atomic E-state index is 0.0544. The fourth-order valence-corrected chi connectivity index (χ4v) is 1.87. The van der Waals surface area contributed by atoms with Gasteiger partial charge in [-0.25, -0.2) is 4.79 Å². The highest BCUT2D eigenvalue weighted by atomic mass is 35.5. The van der Waals surface area contributed by atoms with Gasteiger partial charge in [0.25, 0.3) is 0 Å². The third kappa shape index (κ3) is 4.29. The van der Waals surface area contributed by atoms with Crippen LogP contribution in [0.2, 0.25) is 5.02 Å². The molecule has 0 aliphatic heterocycles. The van der Waals surface area contributed by atoms with Crippen molar-refractivity contribution < 1.29 is 14.6 Å². The molecule has 5 nitrogen and oxygen atoms in total. The summed E-state index contributed by atoms with van der Waals surface area (Å²) in [6.07, 6.45) is 0. The van der Waals surface area contributed by atoms with Crippen molar-refractivity contribution in [3.63, 3.8) is 0 Å². The first-order valence-corrected chi connectivity index (χ1v) is 6.75. The number of phenolic OH excluding ortho intramolecular Hbond substituents is 1. The molecular formula is C15H15ClN2O3. The number of anilines is 2. The second-order valence-electron chi connectivity index (χ2n) is 4.20. The number of halogens is 1. The molecule has 0 heterocycles. The number of hydrogen-bond acceptors (Lipinski definition) is 3. The molecule has 0 aliphatic carbocycles. The Morgan fingerprint density at radius 3 is 2.57 bits per heavy atom. The number of aromatic hydroxyl groups is 1. The summed E-state index contributed by atoms with van der Waals surface area (Å²) in [6.45, 7) is 2.48. The van der Waals surface area contributed by atoms with Gasteiger partial charge in [-0.15, -0.1) is 0 Å². The second kappa shape index (κ2) is 6.85. The third-order valence-electron chi connectivity index (χ3n) is 2.63. The topological polar surface area (TPSA) is 70.6 Å². The zero-order chi connectivity index (χ0) is 15.2. The van der Waals surface area contributed by atoms with Crippen LogP contribution in [0.5, 0.6) is 11.5 Å². The van der Waals surface area contributed by atoms with E-state index in [1.54, 1.807) is 24.3 Å². The number of nitrogens with one attached hydrogen (secondary N) is 2. The van der Waals surface area contributed by atoms with Gasteiger partial charge in [0.05, 0.1) is 12.3 Å². The summed E-state index contributed by atoms with van der Waals surface area (Å²) in [6, 6.07) is 10.9. The number of urea groups is 1. The number of carbonyl (C=O) groups is 1. The van der Waals surface area contributed by atoms with Crippen molar-refractivity contribution in [1.82, 2.24) is 0 Å². The number of phenols is 1. The molecule has 0 spiro atoms. The number of ether oxygens (including phenoxy) is 1. The van der Waals surface area contributed by atoms with Crippen LogP contribution < -0.4 is 15.4 Å². The van der Waals surface area contributed by atoms with Crippen LogP contribution in [0.1, 0.15) is 6.92 Å². The molecule has 0 saturated heterocycles. The van der Waals surface area contributed by atoms with Crippen LogP contribution in [0.4, 0.5) is 16.2 Å². The molecule has 2 aromatic rings. The minimum atomic E-state index is -0.475. The summed E-state index contributed by atoms with van der Waals surface area (Å²) in [5, 5.41) is 15.2. The Hall–Kier alpha value is -2.40. The van der Waals surface area contributed by atoms with Crippen LogP contribution in [-0.4, -0.2) is 17.7 Å². The average Bonchev–Trinajstić information content (AvgIpc) is 2.45. The molecule has 0 saturated carbocycles. The maximum absolute atomic E-state index is 11.8. The normalized spacial score (nSPS) is 10.0. The molecule has 2 amide bonds. The molecule has 0 aromatic heterocycles. The van der Waals surface area contributed by atoms with Crippen LogP contribution in [0.15, 0.2) is 42.5 Å². The molecule has 2 rings (SSSR count). The van der Waals surface area contributed by atoms with Gasteiger partial charge >= 0.3 is 6.03 Å². The minimum Gasteiger partial charge on any atom is -0.506 e. The summed E-state index contributed by atoms with van der Waals surface area (Å²) >= 11 is 5.81. The van der Waals surface area contributed by atoms with Crippen molar-refractivity contribution in [2.24, 2.45) is 0 Å². The van der Waals surface area contributed by atoms with Gasteiger partial charge in [0.15, 0.2) is 0 Å². The van der Waals surface area contributed by atoms with E-state index in [0.717, 1.165) is 5.75 Å². The first-order valence-electron chi connectivity index (χ1n) is 6.38. The Bertz CT molecular complexity index is 629. The zero-order valence-electron chi connectivity index (χ0n) is 11.4. The lowest BCUT2D eigenvalue weighted by atomic mass is 10.3. The number of rotatable bonds is 4. The Morgan fingerprint density at radius 1 is 1.19 bits per heavy atom. The van der Waals surface area contributed by atoms with Gasteiger partial charge in [0.1, 0.15) is 11.5 Å². The summed E-state index contributed by atoms with van der Waals surface area (Å²) < 4.78 is 5.31. The predicted molar refractivity (Wildman–Crippen MR) is 83.4 cm³/mol. The third-order valence-corrected chi connectivity index (χ3v) is 2.87. The SMILES string of the molecule is CCOc1ccc(NC(=O)Nc2cc(Cl)ccc2O)cc1. The van der Waals surface area contributed by atoms with Gasteiger partial charge in [-0.2, -0.15) is 0 Å². The fraction of sp³-hybridized carbons (Fsp3) is 0.133. The zero-order valence-corrected chi connectivity index (χ0v) is 12.1. The van der Waals surface area contributed by atoms with Crippen LogP contribution in [-0.2, 0) is 0 Å². The Balaban J connectivity index is 1.99. The monoisotopic (exact) mass is 306 g/mol. The molecule has 3 N–H and O–H groups in total. The molecule has 2 aromatic carbocycles. The van der Waals surface area contributed by atoms with E-state index in [0.29, 0.717) is 17.3 Å². The van der Waals surface area contributed by atoms with Crippen molar-refractivity contribution in [3.8, 4) is 11.5 Å². The summed E-state index contributed by atoms with van der Waals surface area (Å²) in [5.41, 5.74) is 0.850. The molecule has 0 bridgehead atoms. The summed E-state index contributed by atoms with van der Waals surface area (Å²) in [4.78, 5) is 11.8. The average molecular weight is 307 g/mol. The lowest BCUT2D eigenvalue weighted by Gasteiger charge is -2.10. The molecule has 110 valence electrons. The van der Waals surface area contributed by atoms with Gasteiger partial charge in [0, 0.05) is 10.7 Å². The molecule has 0 unspecified atom stereocenters. The van der Waals surface area contributed by atoms with Crippen LogP contribution in [0.25, 0.3) is 0 Å². The van der Waals surface area contributed by atoms with Gasteiger partial charge in [-0.3, -0.25) is 0 Å². The highest BCUT2D eigenvalue weighted by Gasteiger charge is 2.07. The maximum atomic E-state index is 11.8. The van der Waals surface area contributed by atoms with Gasteiger partial charge in [0.2, 0.25) is 0 Å². The van der Waals surface area contributed by atoms with E-state index < -0.39 is 6.03 Å². The summed E-state index contributed by atoms with van der Waals surface area (Å²) in [7, 11) is 0. The van der Waals surface area contributed by atoms with Crippen LogP contribution in [0, 0.1) is 0 Å². The highest BCUT2D eigenvalue weighted by molar-refractivity contribution is 6.31. The van der Waals surface area contributed by atoms with E-state index in [-0.39, 0.29) is 11.4 Å². The van der Waals surface area contributed by atoms with E-state index in [1.165, 1.54) is 18.2 Å². The molecule has 0 aliphatic rings. The molecular weight excluding hydrogens is 292 g/mol.